The Bertz CT molecular complexity index is 258. The van der Waals surface area contributed by atoms with Gasteiger partial charge in [0.15, 0.2) is 6.17 Å². The number of hydrogen-bond acceptors (Lipinski definition) is 1. The molecule has 63 valence electrons. The van der Waals surface area contributed by atoms with Crippen LogP contribution < -0.4 is 5.32 Å². The highest BCUT2D eigenvalue weighted by Gasteiger charge is 2.09. The van der Waals surface area contributed by atoms with E-state index in [1.165, 1.54) is 6.92 Å². The molecule has 0 heterocycles. The van der Waals surface area contributed by atoms with E-state index < -0.39 is 12.1 Å². The van der Waals surface area contributed by atoms with Gasteiger partial charge in [-0.25, -0.2) is 4.39 Å². The fourth-order valence-electron chi connectivity index (χ4n) is 0.703. The first-order valence-electron chi connectivity index (χ1n) is 3.62. The summed E-state index contributed by atoms with van der Waals surface area (Å²) in [5.41, 5.74) is 0.493. The van der Waals surface area contributed by atoms with Crippen LogP contribution in [0, 0.1) is 6.07 Å². The molecule has 0 bridgehead atoms. The van der Waals surface area contributed by atoms with Gasteiger partial charge in [0.1, 0.15) is 0 Å². The lowest BCUT2D eigenvalue weighted by atomic mass is 10.3. The van der Waals surface area contributed by atoms with Crippen molar-refractivity contribution in [3.8, 4) is 0 Å². The zero-order valence-electron chi connectivity index (χ0n) is 6.67. The Morgan fingerprint density at radius 1 is 1.67 bits per heavy atom. The van der Waals surface area contributed by atoms with Gasteiger partial charge in [-0.3, -0.25) is 4.79 Å². The molecule has 0 saturated heterocycles. The van der Waals surface area contributed by atoms with Crippen molar-refractivity contribution in [2.24, 2.45) is 0 Å². The van der Waals surface area contributed by atoms with Crippen LogP contribution in [0.3, 0.4) is 0 Å². The predicted octanol–water partition coefficient (Wildman–Crippen LogP) is 1.78. The summed E-state index contributed by atoms with van der Waals surface area (Å²) in [5.74, 6) is -0.641. The van der Waals surface area contributed by atoms with E-state index in [0.29, 0.717) is 5.69 Å². The number of alkyl halides is 1. The topological polar surface area (TPSA) is 29.1 Å². The minimum Gasteiger partial charge on any atom is -0.323 e. The van der Waals surface area contributed by atoms with Gasteiger partial charge in [0.2, 0.25) is 0 Å². The zero-order chi connectivity index (χ0) is 8.97. The van der Waals surface area contributed by atoms with Crippen LogP contribution in [0.15, 0.2) is 24.3 Å². The Morgan fingerprint density at radius 2 is 2.42 bits per heavy atom. The Labute approximate surface area is 70.4 Å². The summed E-state index contributed by atoms with van der Waals surface area (Å²) in [6, 6.07) is 9.58. The number of rotatable bonds is 2. The summed E-state index contributed by atoms with van der Waals surface area (Å²) in [5, 5.41) is 2.37. The van der Waals surface area contributed by atoms with Crippen LogP contribution >= 0.6 is 0 Å². The van der Waals surface area contributed by atoms with Gasteiger partial charge < -0.3 is 5.32 Å². The van der Waals surface area contributed by atoms with Crippen molar-refractivity contribution in [2.45, 2.75) is 13.1 Å². The minimum absolute atomic E-state index is 0.493. The predicted molar refractivity (Wildman–Crippen MR) is 44.5 cm³/mol. The van der Waals surface area contributed by atoms with Crippen LogP contribution in [0.25, 0.3) is 0 Å². The minimum atomic E-state index is -1.49. The summed E-state index contributed by atoms with van der Waals surface area (Å²) >= 11 is 0. The first-order valence-corrected chi connectivity index (χ1v) is 3.62. The van der Waals surface area contributed by atoms with Crippen molar-refractivity contribution < 1.29 is 9.18 Å². The normalized spacial score (nSPS) is 12.2. The van der Waals surface area contributed by atoms with Crippen LogP contribution in [0.1, 0.15) is 6.92 Å². The Morgan fingerprint density at radius 3 is 2.92 bits per heavy atom. The van der Waals surface area contributed by atoms with Crippen molar-refractivity contribution in [1.82, 2.24) is 0 Å². The number of para-hydroxylation sites is 1. The Hall–Kier alpha value is -1.38. The molecule has 2 nitrogen and oxygen atoms in total. The van der Waals surface area contributed by atoms with Crippen LogP contribution in [-0.4, -0.2) is 12.1 Å². The lowest BCUT2D eigenvalue weighted by molar-refractivity contribution is -0.120. The summed E-state index contributed by atoms with van der Waals surface area (Å²) in [6.07, 6.45) is -1.49. The van der Waals surface area contributed by atoms with E-state index in [4.69, 9.17) is 0 Å². The molecular weight excluding hydrogens is 157 g/mol. The maximum Gasteiger partial charge on any atom is 0.258 e. The Kier molecular flexibility index (Phi) is 2.80. The number of anilines is 1. The van der Waals surface area contributed by atoms with Crippen LogP contribution in [0.4, 0.5) is 10.1 Å². The summed E-state index contributed by atoms with van der Waals surface area (Å²) in [6.45, 7) is 1.19. The first-order chi connectivity index (χ1) is 5.70. The van der Waals surface area contributed by atoms with E-state index >= 15 is 0 Å². The molecule has 1 amide bonds. The molecule has 1 unspecified atom stereocenters. The van der Waals surface area contributed by atoms with Gasteiger partial charge in [0, 0.05) is 11.8 Å². The van der Waals surface area contributed by atoms with E-state index in [9.17, 15) is 9.18 Å². The van der Waals surface area contributed by atoms with Gasteiger partial charge in [-0.15, -0.1) is 0 Å². The third kappa shape index (κ3) is 2.34. The van der Waals surface area contributed by atoms with Crippen molar-refractivity contribution in [2.75, 3.05) is 5.32 Å². The third-order valence-electron chi connectivity index (χ3n) is 1.33. The highest BCUT2D eigenvalue weighted by molar-refractivity contribution is 5.93. The maximum absolute atomic E-state index is 12.4. The average Bonchev–Trinajstić information content (AvgIpc) is 2.06. The largest absolute Gasteiger partial charge is 0.323 e. The van der Waals surface area contributed by atoms with Crippen LogP contribution in [0.2, 0.25) is 0 Å². The highest BCUT2D eigenvalue weighted by Crippen LogP contribution is 2.04. The molecule has 1 rings (SSSR count). The third-order valence-corrected chi connectivity index (χ3v) is 1.33. The molecule has 3 heteroatoms. The van der Waals surface area contributed by atoms with Gasteiger partial charge in [-0.2, -0.15) is 0 Å². The first kappa shape index (κ1) is 8.71. The fraction of sp³-hybridized carbons (Fsp3) is 0.222. The highest BCUT2D eigenvalue weighted by atomic mass is 19.1. The fourth-order valence-corrected chi connectivity index (χ4v) is 0.703. The lowest BCUT2D eigenvalue weighted by Crippen LogP contribution is -2.20. The maximum atomic E-state index is 12.4. The second-order valence-corrected chi connectivity index (χ2v) is 2.38. The number of carbonyl (C=O) groups excluding carboxylic acids is 1. The molecular formula is C9H9FNO. The van der Waals surface area contributed by atoms with Crippen LogP contribution in [-0.2, 0) is 4.79 Å². The molecule has 0 spiro atoms. The van der Waals surface area contributed by atoms with E-state index in [-0.39, 0.29) is 0 Å². The zero-order valence-corrected chi connectivity index (χ0v) is 6.67. The molecule has 0 aliphatic carbocycles. The molecule has 0 saturated carbocycles. The second kappa shape index (κ2) is 3.85. The van der Waals surface area contributed by atoms with Gasteiger partial charge in [0.05, 0.1) is 0 Å². The van der Waals surface area contributed by atoms with E-state index in [2.05, 4.69) is 11.4 Å². The molecule has 1 aromatic carbocycles. The lowest BCUT2D eigenvalue weighted by Gasteiger charge is -2.03. The number of benzene rings is 1. The van der Waals surface area contributed by atoms with Crippen molar-refractivity contribution in [1.29, 1.82) is 0 Å². The number of halogens is 1. The summed E-state index contributed by atoms with van der Waals surface area (Å²) in [7, 11) is 0. The summed E-state index contributed by atoms with van der Waals surface area (Å²) < 4.78 is 12.4. The number of nitrogens with one attached hydrogen (secondary N) is 1. The van der Waals surface area contributed by atoms with Gasteiger partial charge in [-0.1, -0.05) is 18.2 Å². The van der Waals surface area contributed by atoms with E-state index in [1.54, 1.807) is 24.3 Å². The van der Waals surface area contributed by atoms with Crippen molar-refractivity contribution in [3.05, 3.63) is 30.3 Å². The van der Waals surface area contributed by atoms with E-state index in [0.717, 1.165) is 0 Å². The van der Waals surface area contributed by atoms with E-state index in [1.807, 2.05) is 0 Å². The average molecular weight is 166 g/mol. The van der Waals surface area contributed by atoms with Gasteiger partial charge in [0.25, 0.3) is 5.91 Å². The SMILES string of the molecule is CC(F)C(=O)Nc1[c]cccc1. The molecule has 1 radical (unpaired) electrons. The van der Waals surface area contributed by atoms with Crippen molar-refractivity contribution >= 4 is 11.6 Å². The molecule has 12 heavy (non-hydrogen) atoms. The molecule has 0 aromatic heterocycles. The Balaban J connectivity index is 2.59. The quantitative estimate of drug-likeness (QED) is 0.712. The van der Waals surface area contributed by atoms with Gasteiger partial charge in [-0.05, 0) is 13.0 Å². The monoisotopic (exact) mass is 166 g/mol. The van der Waals surface area contributed by atoms with Crippen LogP contribution in [0.5, 0.6) is 0 Å². The number of hydrogen-bond donors (Lipinski definition) is 1. The number of carbonyl (C=O) groups is 1. The molecule has 1 atom stereocenters. The molecule has 0 aliphatic rings. The van der Waals surface area contributed by atoms with Gasteiger partial charge >= 0.3 is 0 Å². The molecule has 1 aromatic rings. The standard InChI is InChI=1S/C9H9FNO/c1-7(10)9(12)11-8-5-3-2-4-6-8/h2-5,7H,1H3,(H,11,12). The smallest absolute Gasteiger partial charge is 0.258 e. The molecule has 0 aliphatic heterocycles. The summed E-state index contributed by atoms with van der Waals surface area (Å²) in [4.78, 5) is 10.8. The second-order valence-electron chi connectivity index (χ2n) is 2.38. The van der Waals surface area contributed by atoms with Crippen molar-refractivity contribution in [3.63, 3.8) is 0 Å². The molecule has 0 fully saturated rings. The molecule has 1 N–H and O–H groups in total. The number of amides is 1.